The molecule has 0 aliphatic carbocycles. The van der Waals surface area contributed by atoms with Crippen molar-refractivity contribution in [1.82, 2.24) is 9.80 Å². The van der Waals surface area contributed by atoms with Crippen LogP contribution >= 0.6 is 36.6 Å². The number of hydrogen-bond acceptors (Lipinski definition) is 5. The topological polar surface area (TPSA) is 24.9 Å². The van der Waals surface area contributed by atoms with Crippen molar-refractivity contribution in [3.63, 3.8) is 0 Å². The molecule has 4 nitrogen and oxygen atoms in total. The van der Waals surface area contributed by atoms with E-state index in [-0.39, 0.29) is 24.8 Å². The second kappa shape index (κ2) is 10.9. The summed E-state index contributed by atoms with van der Waals surface area (Å²) in [6, 6.07) is 14.7. The lowest BCUT2D eigenvalue weighted by Gasteiger charge is -2.20. The minimum absolute atomic E-state index is 0. The van der Waals surface area contributed by atoms with E-state index in [1.54, 1.807) is 11.8 Å². The van der Waals surface area contributed by atoms with Gasteiger partial charge in [-0.05, 0) is 51.0 Å². The van der Waals surface area contributed by atoms with E-state index in [4.69, 9.17) is 9.47 Å². The fraction of sp³-hybridized carbons (Fsp3) is 0.368. The van der Waals surface area contributed by atoms with Crippen molar-refractivity contribution >= 4 is 36.6 Å². The Morgan fingerprint density at radius 2 is 1.65 bits per heavy atom. The number of ether oxygens (including phenoxy) is 2. The highest BCUT2D eigenvalue weighted by atomic mass is 35.5. The van der Waals surface area contributed by atoms with Gasteiger partial charge < -0.3 is 19.3 Å². The van der Waals surface area contributed by atoms with Gasteiger partial charge in [0.15, 0.2) is 11.5 Å². The fourth-order valence-corrected chi connectivity index (χ4v) is 3.51. The Balaban J connectivity index is 0.00000169. The Kier molecular flexibility index (Phi) is 9.61. The predicted molar refractivity (Wildman–Crippen MR) is 113 cm³/mol. The Hall–Kier alpha value is -1.11. The lowest BCUT2D eigenvalue weighted by molar-refractivity contribution is 0.174. The zero-order valence-electron chi connectivity index (χ0n) is 15.3. The molecule has 2 aromatic carbocycles. The van der Waals surface area contributed by atoms with Crippen molar-refractivity contribution < 1.29 is 9.47 Å². The molecule has 0 aromatic heterocycles. The second-order valence-electron chi connectivity index (χ2n) is 6.27. The van der Waals surface area contributed by atoms with Crippen molar-refractivity contribution in [3.05, 3.63) is 48.0 Å². The molecule has 1 aliphatic heterocycles. The molecule has 144 valence electrons. The van der Waals surface area contributed by atoms with E-state index in [0.717, 1.165) is 31.1 Å². The summed E-state index contributed by atoms with van der Waals surface area (Å²) >= 11 is 1.77. The molecule has 0 unspecified atom stereocenters. The number of benzene rings is 2. The molecule has 2 aromatic rings. The van der Waals surface area contributed by atoms with E-state index in [0.29, 0.717) is 6.79 Å². The van der Waals surface area contributed by atoms with Crippen molar-refractivity contribution in [2.24, 2.45) is 0 Å². The Morgan fingerprint density at radius 3 is 2.42 bits per heavy atom. The van der Waals surface area contributed by atoms with Crippen LogP contribution < -0.4 is 9.47 Å². The summed E-state index contributed by atoms with van der Waals surface area (Å²) in [5.74, 6) is 1.66. The zero-order chi connectivity index (χ0) is 16.9. The van der Waals surface area contributed by atoms with E-state index in [2.05, 4.69) is 67.3 Å². The smallest absolute Gasteiger partial charge is 0.231 e. The van der Waals surface area contributed by atoms with E-state index >= 15 is 0 Å². The number of fused-ring (bicyclic) bond motifs is 1. The molecule has 0 atom stereocenters. The SMILES string of the molecule is CN(C)CCN(C)Cc1ccccc1Sc1ccc2c(c1)OCO2.Cl.Cl. The minimum Gasteiger partial charge on any atom is -0.454 e. The van der Waals surface area contributed by atoms with E-state index in [9.17, 15) is 0 Å². The number of rotatable bonds is 7. The molecule has 0 saturated heterocycles. The largest absolute Gasteiger partial charge is 0.454 e. The number of halogens is 2. The highest BCUT2D eigenvalue weighted by molar-refractivity contribution is 7.99. The maximum Gasteiger partial charge on any atom is 0.231 e. The minimum atomic E-state index is 0. The first-order valence-electron chi connectivity index (χ1n) is 8.10. The van der Waals surface area contributed by atoms with Gasteiger partial charge in [-0.15, -0.1) is 24.8 Å². The standard InChI is InChI=1S/C19H24N2O2S.2ClH/c1-20(2)10-11-21(3)13-15-6-4-5-7-19(15)24-16-8-9-17-18(12-16)23-14-22-17;;/h4-9,12H,10-11,13-14H2,1-3H3;2*1H. The summed E-state index contributed by atoms with van der Waals surface area (Å²) in [4.78, 5) is 7.03. The molecule has 0 saturated carbocycles. The molecule has 1 aliphatic rings. The third-order valence-electron chi connectivity index (χ3n) is 3.91. The third-order valence-corrected chi connectivity index (χ3v) is 5.02. The van der Waals surface area contributed by atoms with E-state index in [1.807, 2.05) is 6.07 Å². The predicted octanol–water partition coefficient (Wildman–Crippen LogP) is 4.40. The van der Waals surface area contributed by atoms with Gasteiger partial charge in [0.25, 0.3) is 0 Å². The average Bonchev–Trinajstić information content (AvgIpc) is 3.02. The summed E-state index contributed by atoms with van der Waals surface area (Å²) in [5.41, 5.74) is 1.35. The van der Waals surface area contributed by atoms with Crippen LogP contribution in [0.2, 0.25) is 0 Å². The monoisotopic (exact) mass is 416 g/mol. The Morgan fingerprint density at radius 1 is 0.923 bits per heavy atom. The normalized spacial score (nSPS) is 12.0. The highest BCUT2D eigenvalue weighted by Crippen LogP contribution is 2.38. The van der Waals surface area contributed by atoms with Crippen LogP contribution in [0, 0.1) is 0 Å². The van der Waals surface area contributed by atoms with Gasteiger partial charge >= 0.3 is 0 Å². The second-order valence-corrected chi connectivity index (χ2v) is 7.38. The maximum atomic E-state index is 5.48. The molecule has 26 heavy (non-hydrogen) atoms. The Labute approximate surface area is 172 Å². The summed E-state index contributed by atoms with van der Waals surface area (Å²) in [6.07, 6.45) is 0. The third kappa shape index (κ3) is 6.25. The lowest BCUT2D eigenvalue weighted by atomic mass is 10.2. The molecule has 3 rings (SSSR count). The number of hydrogen-bond donors (Lipinski definition) is 0. The highest BCUT2D eigenvalue weighted by Gasteiger charge is 2.14. The van der Waals surface area contributed by atoms with Crippen molar-refractivity contribution in [3.8, 4) is 11.5 Å². The van der Waals surface area contributed by atoms with Gasteiger partial charge in [0, 0.05) is 29.4 Å². The van der Waals surface area contributed by atoms with Crippen molar-refractivity contribution in [2.45, 2.75) is 16.3 Å². The lowest BCUT2D eigenvalue weighted by Crippen LogP contribution is -2.28. The molecule has 0 N–H and O–H groups in total. The molecule has 0 fully saturated rings. The summed E-state index contributed by atoms with van der Waals surface area (Å²) in [5, 5.41) is 0. The van der Waals surface area contributed by atoms with Gasteiger partial charge in [0.1, 0.15) is 0 Å². The summed E-state index contributed by atoms with van der Waals surface area (Å²) in [7, 11) is 6.39. The summed E-state index contributed by atoms with van der Waals surface area (Å²) in [6.45, 7) is 3.38. The van der Waals surface area contributed by atoms with Crippen LogP contribution in [0.3, 0.4) is 0 Å². The van der Waals surface area contributed by atoms with Gasteiger partial charge in [-0.1, -0.05) is 30.0 Å². The van der Waals surface area contributed by atoms with Crippen LogP contribution in [0.15, 0.2) is 52.3 Å². The molecule has 1 heterocycles. The van der Waals surface area contributed by atoms with Crippen molar-refractivity contribution in [1.29, 1.82) is 0 Å². The van der Waals surface area contributed by atoms with Gasteiger partial charge in [-0.3, -0.25) is 0 Å². The van der Waals surface area contributed by atoms with E-state index < -0.39 is 0 Å². The van der Waals surface area contributed by atoms with Crippen LogP contribution in [0.4, 0.5) is 0 Å². The van der Waals surface area contributed by atoms with Gasteiger partial charge in [-0.2, -0.15) is 0 Å². The van der Waals surface area contributed by atoms with Gasteiger partial charge in [0.2, 0.25) is 6.79 Å². The maximum absolute atomic E-state index is 5.48. The van der Waals surface area contributed by atoms with Crippen LogP contribution in [-0.2, 0) is 6.54 Å². The first kappa shape index (κ1) is 22.9. The molecule has 7 heteroatoms. The van der Waals surface area contributed by atoms with Crippen LogP contribution in [-0.4, -0.2) is 50.8 Å². The Bertz CT molecular complexity index is 701. The van der Waals surface area contributed by atoms with E-state index in [1.165, 1.54) is 15.4 Å². The van der Waals surface area contributed by atoms with Crippen molar-refractivity contribution in [2.75, 3.05) is 41.0 Å². The van der Waals surface area contributed by atoms with Crippen LogP contribution in [0.1, 0.15) is 5.56 Å². The molecular weight excluding hydrogens is 391 g/mol. The molecular formula is C19H26Cl2N2O2S. The van der Waals surface area contributed by atoms with Gasteiger partial charge in [0.05, 0.1) is 0 Å². The quantitative estimate of drug-likeness (QED) is 0.665. The molecule has 0 bridgehead atoms. The van der Waals surface area contributed by atoms with Crippen LogP contribution in [0.5, 0.6) is 11.5 Å². The molecule has 0 spiro atoms. The number of likely N-dealkylation sites (N-methyl/N-ethyl adjacent to an activating group) is 2. The molecule has 0 radical (unpaired) electrons. The first-order chi connectivity index (χ1) is 11.6. The molecule has 0 amide bonds. The van der Waals surface area contributed by atoms with Gasteiger partial charge in [-0.25, -0.2) is 0 Å². The van der Waals surface area contributed by atoms with Crippen LogP contribution in [0.25, 0.3) is 0 Å². The first-order valence-corrected chi connectivity index (χ1v) is 8.92. The zero-order valence-corrected chi connectivity index (χ0v) is 17.8. The fourth-order valence-electron chi connectivity index (χ4n) is 2.54. The average molecular weight is 417 g/mol. The summed E-state index contributed by atoms with van der Waals surface area (Å²) < 4.78 is 10.9. The number of nitrogens with zero attached hydrogens (tertiary/aromatic N) is 2.